The molecule has 1 aliphatic heterocycles. The number of thioether (sulfide) groups is 1. The number of H-pyrrole nitrogens is 1. The molecule has 6 rings (SSSR count). The van der Waals surface area contributed by atoms with E-state index in [0.717, 1.165) is 65.9 Å². The van der Waals surface area contributed by atoms with Gasteiger partial charge in [0, 0.05) is 60.8 Å². The smallest absolute Gasteiger partial charge is 0.335 e. The minimum Gasteiger partial charge on any atom is -0.479 e. The molecule has 19 heteroatoms. The van der Waals surface area contributed by atoms with Gasteiger partial charge in [0.15, 0.2) is 23.8 Å². The summed E-state index contributed by atoms with van der Waals surface area (Å²) in [6.45, 7) is 3.63. The number of hydrogen-bond acceptors (Lipinski definition) is 11. The van der Waals surface area contributed by atoms with Gasteiger partial charge >= 0.3 is 11.9 Å². The fourth-order valence-electron chi connectivity index (χ4n) is 6.92. The Bertz CT molecular complexity index is 2340. The fourth-order valence-corrected chi connectivity index (χ4v) is 7.91. The summed E-state index contributed by atoms with van der Waals surface area (Å²) in [6, 6.07) is 20.3. The van der Waals surface area contributed by atoms with Gasteiger partial charge in [-0.25, -0.2) is 27.4 Å². The summed E-state index contributed by atoms with van der Waals surface area (Å²) in [6.07, 6.45) is 1.18. The van der Waals surface area contributed by atoms with Crippen LogP contribution in [0.1, 0.15) is 60.2 Å². The highest BCUT2D eigenvalue weighted by atomic mass is 32.2. The van der Waals surface area contributed by atoms with Crippen molar-refractivity contribution in [2.75, 3.05) is 26.8 Å². The van der Waals surface area contributed by atoms with Crippen molar-refractivity contribution in [1.82, 2.24) is 29.8 Å². The number of aliphatic hydroxyl groups excluding tert-OH is 2. The first kappa shape index (κ1) is 48.2. The molecule has 0 spiro atoms. The number of methoxy groups -OCH3 is 1. The van der Waals surface area contributed by atoms with Crippen LogP contribution in [-0.4, -0.2) is 113 Å². The Morgan fingerprint density at radius 1 is 0.968 bits per heavy atom. The van der Waals surface area contributed by atoms with Crippen molar-refractivity contribution in [2.45, 2.75) is 80.9 Å². The highest BCUT2D eigenvalue weighted by Crippen LogP contribution is 2.30. The number of aliphatic hydroxyl groups is 2. The molecule has 0 aliphatic carbocycles. The van der Waals surface area contributed by atoms with Crippen LogP contribution in [0.5, 0.6) is 0 Å². The number of carboxylic acid groups (broad SMARTS) is 2. The first-order chi connectivity index (χ1) is 30.2. The van der Waals surface area contributed by atoms with Crippen molar-refractivity contribution in [2.24, 2.45) is 0 Å². The van der Waals surface area contributed by atoms with Crippen LogP contribution >= 0.6 is 11.8 Å². The summed E-state index contributed by atoms with van der Waals surface area (Å²) in [4.78, 5) is 52.3. The molecular formula is C44H49F3N6O9S. The van der Waals surface area contributed by atoms with Gasteiger partial charge in [-0.1, -0.05) is 60.7 Å². The van der Waals surface area contributed by atoms with Crippen molar-refractivity contribution in [1.29, 1.82) is 0 Å². The monoisotopic (exact) mass is 894 g/mol. The molecule has 3 heterocycles. The number of carbonyl (C=O) groups is 3. The van der Waals surface area contributed by atoms with E-state index in [1.807, 2.05) is 48.2 Å². The Morgan fingerprint density at radius 3 is 2.21 bits per heavy atom. The molecule has 2 aromatic heterocycles. The molecule has 1 aliphatic rings. The normalized spacial score (nSPS) is 15.4. The topological polar surface area (TPSA) is 211 Å². The van der Waals surface area contributed by atoms with Crippen LogP contribution in [0.25, 0.3) is 11.1 Å². The molecule has 15 nitrogen and oxygen atoms in total. The summed E-state index contributed by atoms with van der Waals surface area (Å²) >= 11 is 1.14. The molecule has 4 atom stereocenters. The highest BCUT2D eigenvalue weighted by molar-refractivity contribution is 7.98. The number of aliphatic carboxylic acids is 2. The van der Waals surface area contributed by atoms with E-state index in [2.05, 4.69) is 15.1 Å². The zero-order valence-corrected chi connectivity index (χ0v) is 35.4. The van der Waals surface area contributed by atoms with Crippen LogP contribution in [-0.2, 0) is 44.5 Å². The van der Waals surface area contributed by atoms with Crippen LogP contribution in [0.4, 0.5) is 13.2 Å². The fraction of sp³-hybridized carbons (Fsp3) is 0.364. The number of nitrogens with zero attached hydrogens (tertiary/aromatic N) is 5. The largest absolute Gasteiger partial charge is 0.479 e. The number of ether oxygens (including phenoxy) is 1. The number of rotatable bonds is 18. The minimum absolute atomic E-state index is 0.0349. The molecule has 1 saturated heterocycles. The van der Waals surface area contributed by atoms with Gasteiger partial charge in [-0.3, -0.25) is 19.6 Å². The Kier molecular flexibility index (Phi) is 17.6. The number of carboxylic acids is 2. The SMILES string of the molecule is COCCN1CCCCC1N(Cc1ccc(-c2ccc(CF)cc2)cc1)C(=O)Cc1nn(C(C)c2cn[nH]c2)c(=O)cc1SCc1cccc(F)c1F.O=C(O)C(O)C(O)C(=O)O. The predicted molar refractivity (Wildman–Crippen MR) is 226 cm³/mol. The van der Waals surface area contributed by atoms with Crippen molar-refractivity contribution in [3.8, 4) is 11.1 Å². The van der Waals surface area contributed by atoms with E-state index in [1.165, 1.54) is 22.9 Å². The van der Waals surface area contributed by atoms with E-state index in [1.54, 1.807) is 31.6 Å². The Balaban J connectivity index is 0.000000667. The second kappa shape index (κ2) is 23.0. The number of alkyl halides is 1. The maximum Gasteiger partial charge on any atom is 0.335 e. The number of likely N-dealkylation sites (tertiary alicyclic amines) is 1. The Hall–Kier alpha value is -5.86. The van der Waals surface area contributed by atoms with Crippen molar-refractivity contribution in [3.63, 3.8) is 0 Å². The number of carbonyl (C=O) groups excluding carboxylic acids is 1. The summed E-state index contributed by atoms with van der Waals surface area (Å²) in [5.41, 5.74) is 4.34. The maximum atomic E-state index is 14.7. The number of aromatic nitrogens is 4. The third-order valence-electron chi connectivity index (χ3n) is 10.5. The highest BCUT2D eigenvalue weighted by Gasteiger charge is 2.33. The van der Waals surface area contributed by atoms with Crippen molar-refractivity contribution in [3.05, 3.63) is 135 Å². The first-order valence-electron chi connectivity index (χ1n) is 20.0. The standard InChI is InChI=1S/C40H43F3N6O3S.C4H6O6/c1-27(33-23-44-45-24-33)49-39(51)21-36(53-26-32-6-5-7-34(42)40(32)43)35(46-49)20-38(50)48(37-8-3-4-17-47(37)18-19-52-2)25-29-11-15-31(16-12-29)30-13-9-28(22-41)10-14-30;5-1(3(7)8)2(6)4(9)10/h5-7,9-16,21,23-24,27,37H,3-4,8,17-20,22,25-26H2,1-2H3,(H,44,45);1-2,5-6H,(H,7,8)(H,9,10). The summed E-state index contributed by atoms with van der Waals surface area (Å²) in [5.74, 6) is -5.59. The quantitative estimate of drug-likeness (QED) is 0.0719. The van der Waals surface area contributed by atoms with Crippen molar-refractivity contribution >= 4 is 29.6 Å². The van der Waals surface area contributed by atoms with Gasteiger partial charge in [-0.05, 0) is 54.5 Å². The molecule has 4 unspecified atom stereocenters. The molecule has 63 heavy (non-hydrogen) atoms. The zero-order valence-electron chi connectivity index (χ0n) is 34.6. The van der Waals surface area contributed by atoms with Gasteiger partial charge in [0.1, 0.15) is 6.67 Å². The number of halogens is 3. The molecule has 336 valence electrons. The molecule has 5 aromatic rings. The number of piperidine rings is 1. The third-order valence-corrected chi connectivity index (χ3v) is 11.6. The van der Waals surface area contributed by atoms with Gasteiger partial charge in [0.05, 0.1) is 37.1 Å². The predicted octanol–water partition coefficient (Wildman–Crippen LogP) is 5.19. The molecule has 0 saturated carbocycles. The van der Waals surface area contributed by atoms with Crippen LogP contribution in [0, 0.1) is 11.6 Å². The van der Waals surface area contributed by atoms with Crippen LogP contribution in [0.2, 0.25) is 0 Å². The molecule has 5 N–H and O–H groups in total. The lowest BCUT2D eigenvalue weighted by atomic mass is 10.0. The number of amides is 1. The van der Waals surface area contributed by atoms with Crippen LogP contribution in [0.3, 0.4) is 0 Å². The second-order valence-electron chi connectivity index (χ2n) is 14.7. The number of benzene rings is 3. The van der Waals surface area contributed by atoms with Gasteiger partial charge in [0.25, 0.3) is 5.56 Å². The third kappa shape index (κ3) is 12.9. The van der Waals surface area contributed by atoms with E-state index >= 15 is 0 Å². The second-order valence-corrected chi connectivity index (χ2v) is 15.8. The Labute approximate surface area is 365 Å². The van der Waals surface area contributed by atoms with E-state index in [4.69, 9.17) is 30.3 Å². The first-order valence-corrected chi connectivity index (χ1v) is 21.0. The van der Waals surface area contributed by atoms with Crippen molar-refractivity contribution < 1.29 is 52.7 Å². The van der Waals surface area contributed by atoms with Crippen LogP contribution < -0.4 is 5.56 Å². The number of aromatic amines is 1. The average Bonchev–Trinajstić information content (AvgIpc) is 3.84. The number of hydrogen-bond donors (Lipinski definition) is 5. The lowest BCUT2D eigenvalue weighted by molar-refractivity contribution is -0.165. The van der Waals surface area contributed by atoms with Gasteiger partial charge in [-0.15, -0.1) is 11.8 Å². The molecule has 1 amide bonds. The molecule has 1 fully saturated rings. The zero-order chi connectivity index (χ0) is 45.6. The Morgan fingerprint density at radius 2 is 1.62 bits per heavy atom. The van der Waals surface area contributed by atoms with E-state index in [9.17, 15) is 32.3 Å². The molecular weight excluding hydrogens is 846 g/mol. The van der Waals surface area contributed by atoms with Crippen LogP contribution in [0.15, 0.2) is 94.9 Å². The summed E-state index contributed by atoms with van der Waals surface area (Å²) < 4.78 is 48.5. The minimum atomic E-state index is -2.27. The van der Waals surface area contributed by atoms with Gasteiger partial charge in [-0.2, -0.15) is 10.2 Å². The molecule has 0 bridgehead atoms. The van der Waals surface area contributed by atoms with Gasteiger partial charge < -0.3 is 30.1 Å². The van der Waals surface area contributed by atoms with E-state index in [0.29, 0.717) is 35.8 Å². The summed E-state index contributed by atoms with van der Waals surface area (Å²) in [5, 5.41) is 44.1. The van der Waals surface area contributed by atoms with Gasteiger partial charge in [0.2, 0.25) is 5.91 Å². The average molecular weight is 895 g/mol. The summed E-state index contributed by atoms with van der Waals surface area (Å²) in [7, 11) is 1.66. The lowest BCUT2D eigenvalue weighted by Gasteiger charge is -2.43. The molecule has 0 radical (unpaired) electrons. The van der Waals surface area contributed by atoms with E-state index < -0.39 is 54.1 Å². The van der Waals surface area contributed by atoms with E-state index in [-0.39, 0.29) is 29.8 Å². The number of nitrogens with one attached hydrogen (secondary N) is 1. The maximum absolute atomic E-state index is 14.7. The lowest BCUT2D eigenvalue weighted by Crippen LogP contribution is -2.54. The molecule has 3 aromatic carbocycles.